The van der Waals surface area contributed by atoms with Gasteiger partial charge < -0.3 is 15.4 Å². The predicted molar refractivity (Wildman–Crippen MR) is 72.2 cm³/mol. The molecule has 2 N–H and O–H groups in total. The first-order valence-corrected chi connectivity index (χ1v) is 6.81. The molecule has 1 aromatic rings. The minimum atomic E-state index is -0.322. The number of halogens is 1. The summed E-state index contributed by atoms with van der Waals surface area (Å²) in [7, 11) is 1.77. The number of nitrogens with two attached hydrogens (primary N) is 1. The Morgan fingerprint density at radius 1 is 1.47 bits per heavy atom. The zero-order valence-electron chi connectivity index (χ0n) is 11.4. The quantitative estimate of drug-likeness (QED) is 0.882. The lowest BCUT2D eigenvalue weighted by Gasteiger charge is -2.31. The van der Waals surface area contributed by atoms with Crippen LogP contribution in [0, 0.1) is 5.82 Å². The number of hydrogen-bond donors (Lipinski definition) is 1. The number of methoxy groups -OCH3 is 1. The second-order valence-electron chi connectivity index (χ2n) is 5.07. The van der Waals surface area contributed by atoms with E-state index in [-0.39, 0.29) is 11.9 Å². The molecule has 2 rings (SSSR count). The highest BCUT2D eigenvalue weighted by atomic mass is 19.1. The van der Waals surface area contributed by atoms with Crippen molar-refractivity contribution in [2.75, 3.05) is 26.7 Å². The molecule has 1 fully saturated rings. The summed E-state index contributed by atoms with van der Waals surface area (Å²) in [6.45, 7) is 3.07. The smallest absolute Gasteiger partial charge is 0.141 e. The van der Waals surface area contributed by atoms with E-state index in [9.17, 15) is 4.39 Å². The van der Waals surface area contributed by atoms with Crippen LogP contribution in [0.2, 0.25) is 0 Å². The van der Waals surface area contributed by atoms with Gasteiger partial charge in [-0.1, -0.05) is 0 Å². The van der Waals surface area contributed by atoms with Crippen molar-refractivity contribution in [3.63, 3.8) is 0 Å². The molecule has 1 unspecified atom stereocenters. The number of pyridine rings is 1. The molecule has 4 nitrogen and oxygen atoms in total. The first-order valence-electron chi connectivity index (χ1n) is 6.81. The van der Waals surface area contributed by atoms with Crippen molar-refractivity contribution in [2.45, 2.75) is 31.4 Å². The van der Waals surface area contributed by atoms with Gasteiger partial charge in [-0.05, 0) is 37.9 Å². The van der Waals surface area contributed by atoms with Gasteiger partial charge in [0.25, 0.3) is 0 Å². The maximum atomic E-state index is 12.8. The van der Waals surface area contributed by atoms with Gasteiger partial charge in [0.15, 0.2) is 0 Å². The molecule has 0 bridgehead atoms. The molecule has 1 atom stereocenters. The van der Waals surface area contributed by atoms with Crippen LogP contribution >= 0.6 is 0 Å². The highest BCUT2D eigenvalue weighted by Gasteiger charge is 2.19. The molecule has 106 valence electrons. The molecule has 0 aliphatic carbocycles. The fourth-order valence-electron chi connectivity index (χ4n) is 2.44. The summed E-state index contributed by atoms with van der Waals surface area (Å²) in [5.41, 5.74) is 6.84. The topological polar surface area (TPSA) is 51.4 Å². The lowest BCUT2D eigenvalue weighted by molar-refractivity contribution is 0.0403. The highest BCUT2D eigenvalue weighted by molar-refractivity contribution is 5.09. The lowest BCUT2D eigenvalue weighted by atomic mass is 10.1. The van der Waals surface area contributed by atoms with Crippen LogP contribution in [-0.2, 0) is 4.74 Å². The van der Waals surface area contributed by atoms with Crippen molar-refractivity contribution in [1.29, 1.82) is 0 Å². The van der Waals surface area contributed by atoms with Crippen molar-refractivity contribution in [3.05, 3.63) is 29.8 Å². The van der Waals surface area contributed by atoms with Crippen LogP contribution < -0.4 is 5.73 Å². The van der Waals surface area contributed by atoms with Gasteiger partial charge in [-0.3, -0.25) is 4.98 Å². The standard InChI is InChI=1S/C14H22FN3O/c1-19-12-4-7-18(8-5-12)9-6-13(16)14-3-2-11(15)10-17-14/h2-3,10,12-13H,4-9,16H2,1H3. The van der Waals surface area contributed by atoms with E-state index in [1.165, 1.54) is 12.3 Å². The monoisotopic (exact) mass is 267 g/mol. The predicted octanol–water partition coefficient (Wildman–Crippen LogP) is 1.72. The first-order chi connectivity index (χ1) is 9.19. The molecule has 0 aromatic carbocycles. The summed E-state index contributed by atoms with van der Waals surface area (Å²) in [5, 5.41) is 0. The Bertz CT molecular complexity index is 377. The largest absolute Gasteiger partial charge is 0.381 e. The average molecular weight is 267 g/mol. The SMILES string of the molecule is COC1CCN(CCC(N)c2ccc(F)cn2)CC1. The number of rotatable bonds is 5. The van der Waals surface area contributed by atoms with Gasteiger partial charge in [0.2, 0.25) is 0 Å². The van der Waals surface area contributed by atoms with Crippen molar-refractivity contribution in [1.82, 2.24) is 9.88 Å². The number of likely N-dealkylation sites (tertiary alicyclic amines) is 1. The molecule has 0 saturated carbocycles. The lowest BCUT2D eigenvalue weighted by Crippen LogP contribution is -2.38. The third-order valence-corrected chi connectivity index (χ3v) is 3.75. The van der Waals surface area contributed by atoms with Gasteiger partial charge >= 0.3 is 0 Å². The molecular formula is C14H22FN3O. The minimum Gasteiger partial charge on any atom is -0.381 e. The summed E-state index contributed by atoms with van der Waals surface area (Å²) in [6, 6.07) is 2.95. The Morgan fingerprint density at radius 3 is 2.79 bits per heavy atom. The molecule has 1 aliphatic rings. The van der Waals surface area contributed by atoms with E-state index in [1.807, 2.05) is 0 Å². The number of ether oxygens (including phenoxy) is 1. The Hall–Kier alpha value is -1.04. The maximum Gasteiger partial charge on any atom is 0.141 e. The number of aromatic nitrogens is 1. The van der Waals surface area contributed by atoms with Crippen LogP contribution in [0.1, 0.15) is 31.0 Å². The van der Waals surface area contributed by atoms with E-state index in [0.717, 1.165) is 44.6 Å². The maximum absolute atomic E-state index is 12.8. The van der Waals surface area contributed by atoms with E-state index in [0.29, 0.717) is 6.10 Å². The molecular weight excluding hydrogens is 245 g/mol. The van der Waals surface area contributed by atoms with Crippen LogP contribution in [0.25, 0.3) is 0 Å². The third-order valence-electron chi connectivity index (χ3n) is 3.75. The molecule has 1 aromatic heterocycles. The molecule has 19 heavy (non-hydrogen) atoms. The van der Waals surface area contributed by atoms with E-state index in [4.69, 9.17) is 10.5 Å². The van der Waals surface area contributed by atoms with Gasteiger partial charge in [0.05, 0.1) is 18.0 Å². The van der Waals surface area contributed by atoms with E-state index in [2.05, 4.69) is 9.88 Å². The second kappa shape index (κ2) is 6.93. The van der Waals surface area contributed by atoms with Crippen LogP contribution in [0.3, 0.4) is 0 Å². The summed E-state index contributed by atoms with van der Waals surface area (Å²) in [6.07, 6.45) is 4.64. The number of hydrogen-bond acceptors (Lipinski definition) is 4. The number of nitrogens with zero attached hydrogens (tertiary/aromatic N) is 2. The Kier molecular flexibility index (Phi) is 5.24. The molecule has 0 radical (unpaired) electrons. The van der Waals surface area contributed by atoms with Crippen molar-refractivity contribution in [3.8, 4) is 0 Å². The molecule has 5 heteroatoms. The van der Waals surface area contributed by atoms with Crippen LogP contribution in [0.4, 0.5) is 4.39 Å². The normalized spacial score (nSPS) is 19.5. The van der Waals surface area contributed by atoms with E-state index < -0.39 is 0 Å². The highest BCUT2D eigenvalue weighted by Crippen LogP contribution is 2.16. The van der Waals surface area contributed by atoms with Gasteiger partial charge in [-0.25, -0.2) is 4.39 Å². The summed E-state index contributed by atoms with van der Waals surface area (Å²) in [5.74, 6) is -0.322. The zero-order chi connectivity index (χ0) is 13.7. The fraction of sp³-hybridized carbons (Fsp3) is 0.643. The minimum absolute atomic E-state index is 0.124. The first kappa shape index (κ1) is 14.4. The Labute approximate surface area is 113 Å². The van der Waals surface area contributed by atoms with Crippen molar-refractivity contribution >= 4 is 0 Å². The fourth-order valence-corrected chi connectivity index (χ4v) is 2.44. The van der Waals surface area contributed by atoms with E-state index >= 15 is 0 Å². The summed E-state index contributed by atoms with van der Waals surface area (Å²) >= 11 is 0. The van der Waals surface area contributed by atoms with Crippen molar-refractivity contribution < 1.29 is 9.13 Å². The molecule has 2 heterocycles. The Balaban J connectivity index is 1.75. The Morgan fingerprint density at radius 2 is 2.21 bits per heavy atom. The molecule has 0 amide bonds. The second-order valence-corrected chi connectivity index (χ2v) is 5.07. The van der Waals surface area contributed by atoms with Crippen LogP contribution in [0.5, 0.6) is 0 Å². The average Bonchev–Trinajstić information content (AvgIpc) is 2.46. The van der Waals surface area contributed by atoms with Gasteiger partial charge in [0.1, 0.15) is 5.82 Å². The third kappa shape index (κ3) is 4.23. The van der Waals surface area contributed by atoms with Gasteiger partial charge in [0, 0.05) is 26.2 Å². The zero-order valence-corrected chi connectivity index (χ0v) is 11.4. The van der Waals surface area contributed by atoms with E-state index in [1.54, 1.807) is 13.2 Å². The summed E-state index contributed by atoms with van der Waals surface area (Å²) in [4.78, 5) is 6.43. The van der Waals surface area contributed by atoms with Crippen LogP contribution in [0.15, 0.2) is 18.3 Å². The molecule has 0 spiro atoms. The summed E-state index contributed by atoms with van der Waals surface area (Å²) < 4.78 is 18.1. The van der Waals surface area contributed by atoms with Crippen LogP contribution in [-0.4, -0.2) is 42.7 Å². The molecule has 1 aliphatic heterocycles. The number of piperidine rings is 1. The molecule has 1 saturated heterocycles. The van der Waals surface area contributed by atoms with Gasteiger partial charge in [-0.15, -0.1) is 0 Å². The van der Waals surface area contributed by atoms with Gasteiger partial charge in [-0.2, -0.15) is 0 Å². The van der Waals surface area contributed by atoms with Crippen molar-refractivity contribution in [2.24, 2.45) is 5.73 Å².